The van der Waals surface area contributed by atoms with Crippen LogP contribution in [0.1, 0.15) is 14.5 Å². The van der Waals surface area contributed by atoms with Crippen LogP contribution in [-0.4, -0.2) is 15.8 Å². The molecule has 0 saturated carbocycles. The van der Waals surface area contributed by atoms with E-state index in [1.165, 1.54) is 35.6 Å². The summed E-state index contributed by atoms with van der Waals surface area (Å²) >= 11 is 2.08. The maximum atomic E-state index is 13.0. The van der Waals surface area contributed by atoms with E-state index in [0.29, 0.717) is 10.8 Å². The fourth-order valence-corrected chi connectivity index (χ4v) is 3.58. The first-order valence-electron chi connectivity index (χ1n) is 6.73. The van der Waals surface area contributed by atoms with E-state index < -0.39 is 10.8 Å². The van der Waals surface area contributed by atoms with E-state index in [4.69, 9.17) is 0 Å². The Morgan fingerprint density at radius 1 is 1.21 bits per heavy atom. The van der Waals surface area contributed by atoms with Gasteiger partial charge in [0.2, 0.25) is 0 Å². The number of nitro groups is 1. The molecule has 122 valence electrons. The van der Waals surface area contributed by atoms with Crippen molar-refractivity contribution >= 4 is 38.7 Å². The minimum Gasteiger partial charge on any atom is -0.297 e. The summed E-state index contributed by atoms with van der Waals surface area (Å²) in [5, 5.41) is 13.6. The van der Waals surface area contributed by atoms with Gasteiger partial charge in [-0.2, -0.15) is 0 Å². The Morgan fingerprint density at radius 2 is 1.92 bits per heavy atom. The van der Waals surface area contributed by atoms with Gasteiger partial charge in [0.1, 0.15) is 5.82 Å². The van der Waals surface area contributed by atoms with Gasteiger partial charge >= 0.3 is 5.00 Å². The van der Waals surface area contributed by atoms with Crippen molar-refractivity contribution in [3.63, 3.8) is 0 Å². The quantitative estimate of drug-likeness (QED) is 0.547. The molecule has 0 saturated heterocycles. The topological polar surface area (TPSA) is 85.1 Å². The van der Waals surface area contributed by atoms with E-state index in [9.17, 15) is 19.3 Å². The molecular weight excluding hydrogens is 353 g/mol. The van der Waals surface area contributed by atoms with Crippen molar-refractivity contribution in [1.82, 2.24) is 4.98 Å². The molecular formula is C15H10FN3O3S2. The number of aromatic nitrogens is 1. The summed E-state index contributed by atoms with van der Waals surface area (Å²) in [6.07, 6.45) is 0. The Labute approximate surface area is 143 Å². The monoisotopic (exact) mass is 363 g/mol. The summed E-state index contributed by atoms with van der Waals surface area (Å²) in [6.45, 7) is 1.85. The molecule has 0 atom stereocenters. The zero-order valence-electron chi connectivity index (χ0n) is 12.3. The maximum absolute atomic E-state index is 13.0. The minimum absolute atomic E-state index is 0.0949. The highest BCUT2D eigenvalue weighted by Gasteiger charge is 2.17. The summed E-state index contributed by atoms with van der Waals surface area (Å²) in [4.78, 5) is 27.7. The first-order chi connectivity index (χ1) is 11.4. The number of hydrogen-bond acceptors (Lipinski definition) is 6. The van der Waals surface area contributed by atoms with E-state index in [1.54, 1.807) is 12.1 Å². The number of halogens is 1. The molecule has 1 amide bonds. The largest absolute Gasteiger partial charge is 0.324 e. The standard InChI is InChI=1S/C15H10FN3O3S2/c1-8-13(9-2-4-10(16)5-3-9)17-15(23-8)18-14(20)11-6-7-12(24-11)19(21)22/h2-7H,1H3,(H,17,18,20). The lowest BCUT2D eigenvalue weighted by atomic mass is 10.1. The number of rotatable bonds is 4. The van der Waals surface area contributed by atoms with Crippen molar-refractivity contribution in [1.29, 1.82) is 0 Å². The van der Waals surface area contributed by atoms with Gasteiger partial charge in [-0.05, 0) is 37.3 Å². The van der Waals surface area contributed by atoms with E-state index in [1.807, 2.05) is 6.92 Å². The second-order valence-electron chi connectivity index (χ2n) is 4.78. The predicted octanol–water partition coefficient (Wildman–Crippen LogP) is 4.48. The second-order valence-corrected chi connectivity index (χ2v) is 7.05. The number of amides is 1. The number of carbonyl (C=O) groups is 1. The van der Waals surface area contributed by atoms with E-state index in [0.717, 1.165) is 21.8 Å². The van der Waals surface area contributed by atoms with Crippen molar-refractivity contribution in [3.05, 3.63) is 62.1 Å². The fraction of sp³-hybridized carbons (Fsp3) is 0.0667. The molecule has 0 fully saturated rings. The lowest BCUT2D eigenvalue weighted by Crippen LogP contribution is -2.09. The van der Waals surface area contributed by atoms with E-state index in [-0.39, 0.29) is 15.7 Å². The van der Waals surface area contributed by atoms with Crippen molar-refractivity contribution in [2.24, 2.45) is 0 Å². The minimum atomic E-state index is -0.540. The molecule has 0 aliphatic carbocycles. The van der Waals surface area contributed by atoms with Crippen LogP contribution < -0.4 is 5.32 Å². The van der Waals surface area contributed by atoms with Gasteiger partial charge in [0.25, 0.3) is 5.91 Å². The van der Waals surface area contributed by atoms with Gasteiger partial charge in [-0.15, -0.1) is 11.3 Å². The van der Waals surface area contributed by atoms with Crippen LogP contribution in [0, 0.1) is 22.9 Å². The number of benzene rings is 1. The van der Waals surface area contributed by atoms with Gasteiger partial charge in [-0.25, -0.2) is 9.37 Å². The lowest BCUT2D eigenvalue weighted by molar-refractivity contribution is -0.380. The Morgan fingerprint density at radius 3 is 2.54 bits per heavy atom. The van der Waals surface area contributed by atoms with Crippen LogP contribution >= 0.6 is 22.7 Å². The molecule has 0 aliphatic rings. The molecule has 0 radical (unpaired) electrons. The Bertz CT molecular complexity index is 918. The average molecular weight is 363 g/mol. The summed E-state index contributed by atoms with van der Waals surface area (Å²) in [6, 6.07) is 8.61. The molecule has 2 aromatic heterocycles. The van der Waals surface area contributed by atoms with Crippen LogP contribution in [0.4, 0.5) is 14.5 Å². The Hall–Kier alpha value is -2.65. The fourth-order valence-electron chi connectivity index (χ4n) is 2.03. The van der Waals surface area contributed by atoms with Gasteiger partial charge in [-0.1, -0.05) is 11.3 Å². The van der Waals surface area contributed by atoms with Crippen molar-refractivity contribution in [3.8, 4) is 11.3 Å². The normalized spacial score (nSPS) is 10.6. The number of hydrogen-bond donors (Lipinski definition) is 1. The van der Waals surface area contributed by atoms with Crippen molar-refractivity contribution in [2.45, 2.75) is 6.92 Å². The number of thiophene rings is 1. The summed E-state index contributed by atoms with van der Waals surface area (Å²) in [5.74, 6) is -0.785. The van der Waals surface area contributed by atoms with Gasteiger partial charge < -0.3 is 0 Å². The zero-order chi connectivity index (χ0) is 17.3. The third-order valence-electron chi connectivity index (χ3n) is 3.13. The lowest BCUT2D eigenvalue weighted by Gasteiger charge is -1.99. The van der Waals surface area contributed by atoms with Gasteiger partial charge in [0, 0.05) is 16.5 Å². The number of nitrogens with one attached hydrogen (secondary N) is 1. The third-order valence-corrected chi connectivity index (χ3v) is 5.05. The van der Waals surface area contributed by atoms with Gasteiger partial charge in [0.05, 0.1) is 15.5 Å². The zero-order valence-corrected chi connectivity index (χ0v) is 13.9. The highest BCUT2D eigenvalue weighted by atomic mass is 32.1. The first-order valence-corrected chi connectivity index (χ1v) is 8.36. The summed E-state index contributed by atoms with van der Waals surface area (Å²) in [7, 11) is 0. The maximum Gasteiger partial charge on any atom is 0.324 e. The molecule has 0 aliphatic heterocycles. The molecule has 9 heteroatoms. The first kappa shape index (κ1) is 16.2. The smallest absolute Gasteiger partial charge is 0.297 e. The van der Waals surface area contributed by atoms with Crippen LogP contribution in [0.3, 0.4) is 0 Å². The number of anilines is 1. The molecule has 1 N–H and O–H groups in total. The number of nitrogens with zero attached hydrogens (tertiary/aromatic N) is 2. The molecule has 6 nitrogen and oxygen atoms in total. The molecule has 0 bridgehead atoms. The molecule has 0 unspecified atom stereocenters. The summed E-state index contributed by atoms with van der Waals surface area (Å²) < 4.78 is 13.0. The van der Waals surface area contributed by atoms with Crippen molar-refractivity contribution in [2.75, 3.05) is 5.32 Å². The molecule has 1 aromatic carbocycles. The predicted molar refractivity (Wildman–Crippen MR) is 91.2 cm³/mol. The Balaban J connectivity index is 1.80. The van der Waals surface area contributed by atoms with Crippen LogP contribution in [0.25, 0.3) is 11.3 Å². The van der Waals surface area contributed by atoms with Crippen molar-refractivity contribution < 1.29 is 14.1 Å². The average Bonchev–Trinajstić information content (AvgIpc) is 3.15. The van der Waals surface area contributed by atoms with E-state index >= 15 is 0 Å². The van der Waals surface area contributed by atoms with Gasteiger partial charge in [0.15, 0.2) is 5.13 Å². The van der Waals surface area contributed by atoms with Crippen LogP contribution in [0.15, 0.2) is 36.4 Å². The highest BCUT2D eigenvalue weighted by molar-refractivity contribution is 7.18. The molecule has 3 rings (SSSR count). The van der Waals surface area contributed by atoms with Crippen LogP contribution in [0.5, 0.6) is 0 Å². The van der Waals surface area contributed by atoms with Crippen LogP contribution in [0.2, 0.25) is 0 Å². The molecule has 3 aromatic rings. The second kappa shape index (κ2) is 6.46. The Kier molecular flexibility index (Phi) is 4.36. The number of aryl methyl sites for hydroxylation is 1. The van der Waals surface area contributed by atoms with Crippen LogP contribution in [-0.2, 0) is 0 Å². The summed E-state index contributed by atoms with van der Waals surface area (Å²) in [5.41, 5.74) is 1.41. The van der Waals surface area contributed by atoms with E-state index in [2.05, 4.69) is 10.3 Å². The molecule has 0 spiro atoms. The molecule has 24 heavy (non-hydrogen) atoms. The highest BCUT2D eigenvalue weighted by Crippen LogP contribution is 2.31. The number of carbonyl (C=O) groups excluding carboxylic acids is 1. The number of thiazole rings is 1. The SMILES string of the molecule is Cc1sc(NC(=O)c2ccc([N+](=O)[O-])s2)nc1-c1ccc(F)cc1. The van der Waals surface area contributed by atoms with Gasteiger partial charge in [-0.3, -0.25) is 20.2 Å². The third kappa shape index (κ3) is 3.31. The molecule has 2 heterocycles.